The van der Waals surface area contributed by atoms with Crippen LogP contribution in [0.5, 0.6) is 0 Å². The van der Waals surface area contributed by atoms with Crippen LogP contribution in [0.1, 0.15) is 47.1 Å². The summed E-state index contributed by atoms with van der Waals surface area (Å²) in [5.41, 5.74) is 0.969. The second kappa shape index (κ2) is 2.64. The van der Waals surface area contributed by atoms with Crippen LogP contribution in [-0.2, 0) is 5.41 Å². The minimum absolute atomic E-state index is 0.0873. The molecule has 13 heavy (non-hydrogen) atoms. The number of carbonyl (C=O) groups excluding carboxylic acids is 1. The summed E-state index contributed by atoms with van der Waals surface area (Å²) in [6.45, 7) is 5.78. The van der Waals surface area contributed by atoms with Crippen molar-refractivity contribution in [2.24, 2.45) is 0 Å². The van der Waals surface area contributed by atoms with Crippen LogP contribution in [0.3, 0.4) is 0 Å². The molecule has 2 nitrogen and oxygen atoms in total. The lowest BCUT2D eigenvalue weighted by Gasteiger charge is -1.99. The summed E-state index contributed by atoms with van der Waals surface area (Å²) in [4.78, 5) is 16.6. The quantitative estimate of drug-likeness (QED) is 0.679. The van der Waals surface area contributed by atoms with Crippen molar-refractivity contribution in [1.29, 1.82) is 0 Å². The average molecular weight is 195 g/mol. The number of Topliss-reactive ketones (excluding diaryl/α,β-unsaturated/α-hetero) is 1. The van der Waals surface area contributed by atoms with E-state index >= 15 is 0 Å². The molecule has 0 amide bonds. The summed E-state index contributed by atoms with van der Waals surface area (Å²) in [6.07, 6.45) is 2.44. The molecule has 1 fully saturated rings. The fourth-order valence-electron chi connectivity index (χ4n) is 1.38. The average Bonchev–Trinajstić information content (AvgIpc) is 2.63. The first-order valence-corrected chi connectivity index (χ1v) is 5.33. The lowest BCUT2D eigenvalue weighted by molar-refractivity contribution is 0.101. The van der Waals surface area contributed by atoms with Crippen LogP contribution in [0.25, 0.3) is 0 Å². The first-order chi connectivity index (χ1) is 6.03. The molecule has 70 valence electrons. The molecule has 1 aliphatic carbocycles. The van der Waals surface area contributed by atoms with Crippen LogP contribution >= 0.6 is 11.3 Å². The molecule has 0 bridgehead atoms. The summed E-state index contributed by atoms with van der Waals surface area (Å²) < 4.78 is 0. The molecule has 1 heterocycles. The maximum Gasteiger partial charge on any atom is 0.179 e. The van der Waals surface area contributed by atoms with Gasteiger partial charge in [0.05, 0.1) is 5.01 Å². The standard InChI is InChI=1S/C10H13NOS/c1-6(12)8-7(2)13-9(11-8)10(3)4-5-10/h4-5H2,1-3H3. The van der Waals surface area contributed by atoms with E-state index in [1.54, 1.807) is 18.3 Å². The third kappa shape index (κ3) is 1.41. The topological polar surface area (TPSA) is 30.0 Å². The number of aryl methyl sites for hydroxylation is 1. The van der Waals surface area contributed by atoms with Gasteiger partial charge in [0.25, 0.3) is 0 Å². The van der Waals surface area contributed by atoms with Gasteiger partial charge >= 0.3 is 0 Å². The Morgan fingerprint density at radius 2 is 2.15 bits per heavy atom. The number of aromatic nitrogens is 1. The number of hydrogen-bond donors (Lipinski definition) is 0. The maximum atomic E-state index is 11.2. The molecular weight excluding hydrogens is 182 g/mol. The fourth-order valence-corrected chi connectivity index (χ4v) is 2.55. The number of nitrogens with zero attached hydrogens (tertiary/aromatic N) is 1. The normalized spacial score (nSPS) is 18.7. The molecular formula is C10H13NOS. The summed E-state index contributed by atoms with van der Waals surface area (Å²) >= 11 is 1.68. The van der Waals surface area contributed by atoms with E-state index in [-0.39, 0.29) is 5.78 Å². The van der Waals surface area contributed by atoms with Gasteiger partial charge < -0.3 is 0 Å². The monoisotopic (exact) mass is 195 g/mol. The summed E-state index contributed by atoms with van der Waals surface area (Å²) in [7, 11) is 0. The first-order valence-electron chi connectivity index (χ1n) is 4.52. The smallest absolute Gasteiger partial charge is 0.179 e. The molecule has 2 rings (SSSR count). The Labute approximate surface area is 82.0 Å². The van der Waals surface area contributed by atoms with E-state index in [4.69, 9.17) is 0 Å². The van der Waals surface area contributed by atoms with Crippen LogP contribution in [0.4, 0.5) is 0 Å². The largest absolute Gasteiger partial charge is 0.293 e. The van der Waals surface area contributed by atoms with E-state index in [1.165, 1.54) is 12.8 Å². The summed E-state index contributed by atoms with van der Waals surface area (Å²) in [5.74, 6) is 0.0873. The zero-order chi connectivity index (χ0) is 9.64. The van der Waals surface area contributed by atoms with Gasteiger partial charge in [0.2, 0.25) is 0 Å². The van der Waals surface area contributed by atoms with E-state index in [1.807, 2.05) is 6.92 Å². The van der Waals surface area contributed by atoms with Crippen molar-refractivity contribution in [2.75, 3.05) is 0 Å². The fraction of sp³-hybridized carbons (Fsp3) is 0.600. The van der Waals surface area contributed by atoms with Crippen LogP contribution in [0.15, 0.2) is 0 Å². The van der Waals surface area contributed by atoms with Gasteiger partial charge in [0, 0.05) is 17.2 Å². The van der Waals surface area contributed by atoms with Crippen molar-refractivity contribution < 1.29 is 4.79 Å². The minimum Gasteiger partial charge on any atom is -0.293 e. The molecule has 1 aromatic heterocycles. The predicted molar refractivity (Wildman–Crippen MR) is 53.4 cm³/mol. The highest BCUT2D eigenvalue weighted by molar-refractivity contribution is 7.12. The van der Waals surface area contributed by atoms with Gasteiger partial charge in [-0.05, 0) is 19.8 Å². The van der Waals surface area contributed by atoms with Crippen molar-refractivity contribution in [3.8, 4) is 0 Å². The Balaban J connectivity index is 2.41. The predicted octanol–water partition coefficient (Wildman–Crippen LogP) is 2.71. The number of rotatable bonds is 2. The molecule has 1 saturated carbocycles. The maximum absolute atomic E-state index is 11.2. The minimum atomic E-state index is 0.0873. The van der Waals surface area contributed by atoms with Gasteiger partial charge in [-0.15, -0.1) is 11.3 Å². The molecule has 0 radical (unpaired) electrons. The molecule has 0 spiro atoms. The molecule has 1 aromatic rings. The molecule has 0 saturated heterocycles. The highest BCUT2D eigenvalue weighted by Crippen LogP contribution is 2.49. The first kappa shape index (κ1) is 8.88. The van der Waals surface area contributed by atoms with E-state index in [9.17, 15) is 4.79 Å². The van der Waals surface area contributed by atoms with Gasteiger partial charge in [-0.1, -0.05) is 6.92 Å². The summed E-state index contributed by atoms with van der Waals surface area (Å²) in [5, 5.41) is 1.15. The third-order valence-electron chi connectivity index (χ3n) is 2.65. The molecule has 0 aliphatic heterocycles. The zero-order valence-electron chi connectivity index (χ0n) is 8.18. The Morgan fingerprint density at radius 3 is 2.54 bits per heavy atom. The molecule has 0 N–H and O–H groups in total. The number of thiazole rings is 1. The van der Waals surface area contributed by atoms with Crippen molar-refractivity contribution in [2.45, 2.75) is 39.0 Å². The molecule has 0 unspecified atom stereocenters. The van der Waals surface area contributed by atoms with Crippen molar-refractivity contribution in [3.05, 3.63) is 15.6 Å². The van der Waals surface area contributed by atoms with Crippen molar-refractivity contribution in [3.63, 3.8) is 0 Å². The molecule has 0 atom stereocenters. The lowest BCUT2D eigenvalue weighted by Crippen LogP contribution is -2.00. The SMILES string of the molecule is CC(=O)c1nc(C2(C)CC2)sc1C. The Hall–Kier alpha value is -0.700. The second-order valence-corrected chi connectivity index (χ2v) is 5.24. The lowest BCUT2D eigenvalue weighted by atomic mass is 10.1. The molecule has 1 aliphatic rings. The van der Waals surface area contributed by atoms with Gasteiger partial charge in [0.15, 0.2) is 5.78 Å². The van der Waals surface area contributed by atoms with E-state index in [2.05, 4.69) is 11.9 Å². The van der Waals surface area contributed by atoms with Crippen LogP contribution in [0, 0.1) is 6.92 Å². The van der Waals surface area contributed by atoms with Crippen LogP contribution in [0.2, 0.25) is 0 Å². The molecule has 0 aromatic carbocycles. The summed E-state index contributed by atoms with van der Waals surface area (Å²) in [6, 6.07) is 0. The Bertz CT molecular complexity index is 363. The third-order valence-corrected chi connectivity index (χ3v) is 3.92. The number of ketones is 1. The van der Waals surface area contributed by atoms with Crippen LogP contribution < -0.4 is 0 Å². The van der Waals surface area contributed by atoms with Gasteiger partial charge in [-0.2, -0.15) is 0 Å². The highest BCUT2D eigenvalue weighted by Gasteiger charge is 2.42. The second-order valence-electron chi connectivity index (χ2n) is 4.04. The van der Waals surface area contributed by atoms with Gasteiger partial charge in [0.1, 0.15) is 5.69 Å². The highest BCUT2D eigenvalue weighted by atomic mass is 32.1. The zero-order valence-corrected chi connectivity index (χ0v) is 8.99. The number of carbonyl (C=O) groups is 1. The van der Waals surface area contributed by atoms with E-state index in [0.29, 0.717) is 11.1 Å². The van der Waals surface area contributed by atoms with Crippen molar-refractivity contribution in [1.82, 2.24) is 4.98 Å². The Kier molecular flexibility index (Phi) is 1.80. The number of hydrogen-bond acceptors (Lipinski definition) is 3. The molecule has 3 heteroatoms. The Morgan fingerprint density at radius 1 is 1.54 bits per heavy atom. The van der Waals surface area contributed by atoms with Crippen molar-refractivity contribution >= 4 is 17.1 Å². The van der Waals surface area contributed by atoms with E-state index < -0.39 is 0 Å². The van der Waals surface area contributed by atoms with E-state index in [0.717, 1.165) is 9.88 Å². The van der Waals surface area contributed by atoms with Gasteiger partial charge in [-0.3, -0.25) is 4.79 Å². The van der Waals surface area contributed by atoms with Gasteiger partial charge in [-0.25, -0.2) is 4.98 Å². The van der Waals surface area contributed by atoms with Crippen LogP contribution in [-0.4, -0.2) is 10.8 Å².